The number of para-hydroxylation sites is 1. The number of hydrogen-bond donors (Lipinski definition) is 2. The van der Waals surface area contributed by atoms with E-state index in [1.165, 1.54) is 6.07 Å². The van der Waals surface area contributed by atoms with Gasteiger partial charge in [-0.25, -0.2) is 9.59 Å². The fourth-order valence-corrected chi connectivity index (χ4v) is 2.55. The molecule has 2 N–H and O–H groups in total. The zero-order chi connectivity index (χ0) is 14.7. The van der Waals surface area contributed by atoms with Crippen molar-refractivity contribution < 1.29 is 14.7 Å². The van der Waals surface area contributed by atoms with Gasteiger partial charge in [0.2, 0.25) is 0 Å². The third kappa shape index (κ3) is 3.30. The number of halogens is 1. The van der Waals surface area contributed by atoms with Gasteiger partial charge in [-0.3, -0.25) is 0 Å². The third-order valence-electron chi connectivity index (χ3n) is 3.19. The van der Waals surface area contributed by atoms with Gasteiger partial charge in [0.15, 0.2) is 0 Å². The van der Waals surface area contributed by atoms with E-state index in [1.54, 1.807) is 17.0 Å². The number of aromatic carboxylic acids is 1. The highest BCUT2D eigenvalue weighted by Gasteiger charge is 2.32. The van der Waals surface area contributed by atoms with Crippen LogP contribution in [0.25, 0.3) is 0 Å². The number of nitrogens with zero attached hydrogens (tertiary/aromatic N) is 1. The molecule has 108 valence electrons. The van der Waals surface area contributed by atoms with Crippen LogP contribution in [0.15, 0.2) is 22.7 Å². The van der Waals surface area contributed by atoms with E-state index in [0.29, 0.717) is 22.7 Å². The van der Waals surface area contributed by atoms with E-state index in [2.05, 4.69) is 21.2 Å². The van der Waals surface area contributed by atoms with Crippen LogP contribution in [0.1, 0.15) is 36.5 Å². The molecule has 1 aliphatic carbocycles. The maximum absolute atomic E-state index is 12.3. The predicted octanol–water partition coefficient (Wildman–Crippen LogP) is 3.55. The lowest BCUT2D eigenvalue weighted by atomic mass is 10.2. The second kappa shape index (κ2) is 6.26. The van der Waals surface area contributed by atoms with Crippen LogP contribution < -0.4 is 5.32 Å². The molecule has 0 heterocycles. The van der Waals surface area contributed by atoms with Crippen molar-refractivity contribution in [2.45, 2.75) is 32.2 Å². The number of carbonyl (C=O) groups is 2. The summed E-state index contributed by atoms with van der Waals surface area (Å²) in [6, 6.07) is 4.88. The second-order valence-corrected chi connectivity index (χ2v) is 5.68. The van der Waals surface area contributed by atoms with Crippen molar-refractivity contribution in [1.82, 2.24) is 4.90 Å². The third-order valence-corrected chi connectivity index (χ3v) is 3.85. The average molecular weight is 341 g/mol. The molecule has 0 atom stereocenters. The molecule has 6 heteroatoms. The average Bonchev–Trinajstić information content (AvgIpc) is 3.22. The molecule has 0 bridgehead atoms. The van der Waals surface area contributed by atoms with Crippen LogP contribution in [0.2, 0.25) is 0 Å². The number of urea groups is 1. The number of nitrogens with one attached hydrogen (secondary N) is 1. The molecule has 1 fully saturated rings. The number of carboxylic acid groups (broad SMARTS) is 1. The Bertz CT molecular complexity index is 529. The Labute approximate surface area is 126 Å². The Balaban J connectivity index is 2.20. The summed E-state index contributed by atoms with van der Waals surface area (Å²) >= 11 is 3.29. The van der Waals surface area contributed by atoms with Crippen molar-refractivity contribution in [3.05, 3.63) is 28.2 Å². The zero-order valence-electron chi connectivity index (χ0n) is 11.2. The first-order chi connectivity index (χ1) is 9.54. The highest BCUT2D eigenvalue weighted by Crippen LogP contribution is 2.30. The van der Waals surface area contributed by atoms with Crippen LogP contribution in [0.3, 0.4) is 0 Å². The van der Waals surface area contributed by atoms with Gasteiger partial charge in [0.05, 0.1) is 11.3 Å². The first-order valence-corrected chi connectivity index (χ1v) is 7.43. The molecule has 0 spiro atoms. The van der Waals surface area contributed by atoms with Crippen molar-refractivity contribution in [3.8, 4) is 0 Å². The molecule has 0 unspecified atom stereocenters. The molecular formula is C14H17BrN2O3. The Morgan fingerprint density at radius 2 is 2.15 bits per heavy atom. The second-order valence-electron chi connectivity index (χ2n) is 4.82. The van der Waals surface area contributed by atoms with E-state index in [4.69, 9.17) is 0 Å². The molecule has 1 saturated carbocycles. The molecular weight excluding hydrogens is 324 g/mol. The smallest absolute Gasteiger partial charge is 0.337 e. The monoisotopic (exact) mass is 340 g/mol. The maximum Gasteiger partial charge on any atom is 0.337 e. The summed E-state index contributed by atoms with van der Waals surface area (Å²) in [6.45, 7) is 2.70. The number of amides is 2. The van der Waals surface area contributed by atoms with Crippen LogP contribution in [0.4, 0.5) is 10.5 Å². The first-order valence-electron chi connectivity index (χ1n) is 6.64. The summed E-state index contributed by atoms with van der Waals surface area (Å²) in [6.07, 6.45) is 2.93. The van der Waals surface area contributed by atoms with E-state index in [-0.39, 0.29) is 11.6 Å². The lowest BCUT2D eigenvalue weighted by Crippen LogP contribution is -2.37. The van der Waals surface area contributed by atoms with Crippen LogP contribution in [-0.4, -0.2) is 34.6 Å². The minimum atomic E-state index is -1.06. The topological polar surface area (TPSA) is 69.6 Å². The van der Waals surface area contributed by atoms with Crippen molar-refractivity contribution in [1.29, 1.82) is 0 Å². The predicted molar refractivity (Wildman–Crippen MR) is 80.1 cm³/mol. The molecule has 0 saturated heterocycles. The number of hydrogen-bond acceptors (Lipinski definition) is 2. The lowest BCUT2D eigenvalue weighted by molar-refractivity contribution is 0.0698. The largest absolute Gasteiger partial charge is 0.478 e. The normalized spacial score (nSPS) is 13.9. The molecule has 20 heavy (non-hydrogen) atoms. The minimum Gasteiger partial charge on any atom is -0.478 e. The summed E-state index contributed by atoms with van der Waals surface area (Å²) in [4.78, 5) is 25.3. The van der Waals surface area contributed by atoms with E-state index in [9.17, 15) is 14.7 Å². The maximum atomic E-state index is 12.3. The molecule has 0 radical (unpaired) electrons. The van der Waals surface area contributed by atoms with Crippen LogP contribution in [0, 0.1) is 0 Å². The molecule has 1 aromatic rings. The molecule has 2 amide bonds. The lowest BCUT2D eigenvalue weighted by Gasteiger charge is -2.23. The van der Waals surface area contributed by atoms with Gasteiger partial charge >= 0.3 is 12.0 Å². The number of benzene rings is 1. The van der Waals surface area contributed by atoms with Crippen LogP contribution in [-0.2, 0) is 0 Å². The summed E-state index contributed by atoms with van der Waals surface area (Å²) in [5, 5.41) is 11.9. The van der Waals surface area contributed by atoms with Gasteiger partial charge in [-0.15, -0.1) is 0 Å². The zero-order valence-corrected chi connectivity index (χ0v) is 12.8. The van der Waals surface area contributed by atoms with E-state index in [1.807, 2.05) is 6.92 Å². The Morgan fingerprint density at radius 3 is 2.70 bits per heavy atom. The Morgan fingerprint density at radius 1 is 1.45 bits per heavy atom. The standard InChI is InChI=1S/C14H17BrN2O3/c1-2-8-17(9-6-7-9)14(20)16-12-10(13(18)19)4-3-5-11(12)15/h3-5,9H,2,6-8H2,1H3,(H,16,20)(H,18,19). The number of carbonyl (C=O) groups excluding carboxylic acids is 1. The van der Waals surface area contributed by atoms with Crippen molar-refractivity contribution in [2.75, 3.05) is 11.9 Å². The van der Waals surface area contributed by atoms with Gasteiger partial charge in [-0.2, -0.15) is 0 Å². The minimum absolute atomic E-state index is 0.0833. The van der Waals surface area contributed by atoms with Crippen molar-refractivity contribution in [2.24, 2.45) is 0 Å². The van der Waals surface area contributed by atoms with Gasteiger partial charge in [0.1, 0.15) is 0 Å². The molecule has 0 aromatic heterocycles. The highest BCUT2D eigenvalue weighted by molar-refractivity contribution is 9.10. The highest BCUT2D eigenvalue weighted by atomic mass is 79.9. The number of anilines is 1. The Hall–Kier alpha value is -1.56. The van der Waals surface area contributed by atoms with Gasteiger partial charge in [-0.05, 0) is 47.3 Å². The van der Waals surface area contributed by atoms with Gasteiger partial charge in [0.25, 0.3) is 0 Å². The van der Waals surface area contributed by atoms with Crippen LogP contribution in [0.5, 0.6) is 0 Å². The van der Waals surface area contributed by atoms with Gasteiger partial charge < -0.3 is 15.3 Å². The molecule has 0 aliphatic heterocycles. The quantitative estimate of drug-likeness (QED) is 0.860. The van der Waals surface area contributed by atoms with Crippen molar-refractivity contribution in [3.63, 3.8) is 0 Å². The summed E-state index contributed by atoms with van der Waals surface area (Å²) in [5.41, 5.74) is 0.395. The summed E-state index contributed by atoms with van der Waals surface area (Å²) in [7, 11) is 0. The molecule has 1 aromatic carbocycles. The van der Waals surface area contributed by atoms with E-state index in [0.717, 1.165) is 19.3 Å². The summed E-state index contributed by atoms with van der Waals surface area (Å²) < 4.78 is 0.568. The van der Waals surface area contributed by atoms with E-state index >= 15 is 0 Å². The Kier molecular flexibility index (Phi) is 4.65. The first kappa shape index (κ1) is 14.8. The van der Waals surface area contributed by atoms with E-state index < -0.39 is 5.97 Å². The number of carboxylic acids is 1. The molecule has 5 nitrogen and oxygen atoms in total. The fraction of sp³-hybridized carbons (Fsp3) is 0.429. The van der Waals surface area contributed by atoms with Gasteiger partial charge in [-0.1, -0.05) is 13.0 Å². The van der Waals surface area contributed by atoms with Crippen molar-refractivity contribution >= 4 is 33.6 Å². The fourth-order valence-electron chi connectivity index (χ4n) is 2.09. The van der Waals surface area contributed by atoms with Gasteiger partial charge in [0, 0.05) is 17.1 Å². The summed E-state index contributed by atoms with van der Waals surface area (Å²) in [5.74, 6) is -1.06. The molecule has 1 aliphatic rings. The molecule has 2 rings (SSSR count). The SMILES string of the molecule is CCCN(C(=O)Nc1c(Br)cccc1C(=O)O)C1CC1. The van der Waals surface area contributed by atoms with Crippen LogP contribution >= 0.6 is 15.9 Å². The number of rotatable bonds is 5.